The van der Waals surface area contributed by atoms with Crippen LogP contribution in [-0.2, 0) is 11.2 Å². The average Bonchev–Trinajstić information content (AvgIpc) is 3.41. The van der Waals surface area contributed by atoms with Crippen molar-refractivity contribution in [2.24, 2.45) is 0 Å². The number of anilines is 1. The number of carbonyl (C=O) groups is 1. The lowest BCUT2D eigenvalue weighted by Gasteiger charge is -2.08. The molecule has 1 aromatic heterocycles. The standard InChI is InChI=1S/C28H28N4O2/c1-2-3-14-29-17-26(34)30-22-10-13-24-21(15-22)16-25-27(31-32-28(24)25)20-6-4-18(5-7-20)19-8-11-23(33)12-9-19/h4-13,15,29,33H,2-3,14,16-17H2,1H3,(H,30,34)(H,31,32). The Kier molecular flexibility index (Phi) is 6.14. The van der Waals surface area contributed by atoms with Crippen molar-refractivity contribution in [2.75, 3.05) is 18.4 Å². The molecule has 0 bridgehead atoms. The Balaban J connectivity index is 1.30. The zero-order chi connectivity index (χ0) is 23.5. The maximum absolute atomic E-state index is 12.2. The summed E-state index contributed by atoms with van der Waals surface area (Å²) in [6, 6.07) is 21.6. The quantitative estimate of drug-likeness (QED) is 0.239. The molecular weight excluding hydrogens is 424 g/mol. The second kappa shape index (κ2) is 9.53. The minimum atomic E-state index is -0.0244. The zero-order valence-corrected chi connectivity index (χ0v) is 19.2. The van der Waals surface area contributed by atoms with Gasteiger partial charge in [-0.3, -0.25) is 9.89 Å². The Morgan fingerprint density at radius 1 is 1.00 bits per heavy atom. The molecule has 3 aromatic carbocycles. The first kappa shape index (κ1) is 21.9. The van der Waals surface area contributed by atoms with E-state index in [-0.39, 0.29) is 11.7 Å². The third-order valence-corrected chi connectivity index (χ3v) is 6.24. The number of aromatic nitrogens is 2. The molecule has 0 radical (unpaired) electrons. The molecule has 4 aromatic rings. The van der Waals surface area contributed by atoms with E-state index in [1.807, 2.05) is 18.2 Å². The molecule has 5 rings (SSSR count). The first-order valence-electron chi connectivity index (χ1n) is 11.7. The summed E-state index contributed by atoms with van der Waals surface area (Å²) in [6.07, 6.45) is 2.95. The highest BCUT2D eigenvalue weighted by Gasteiger charge is 2.25. The second-order valence-electron chi connectivity index (χ2n) is 8.68. The van der Waals surface area contributed by atoms with Crippen molar-refractivity contribution < 1.29 is 9.90 Å². The summed E-state index contributed by atoms with van der Waals surface area (Å²) in [7, 11) is 0. The number of phenols is 1. The van der Waals surface area contributed by atoms with Crippen molar-refractivity contribution >= 4 is 11.6 Å². The molecule has 1 aliphatic rings. The lowest BCUT2D eigenvalue weighted by atomic mass is 10.0. The van der Waals surface area contributed by atoms with Crippen molar-refractivity contribution in [1.29, 1.82) is 0 Å². The number of hydrogen-bond acceptors (Lipinski definition) is 4. The van der Waals surface area contributed by atoms with Crippen molar-refractivity contribution in [3.05, 3.63) is 77.9 Å². The van der Waals surface area contributed by atoms with Gasteiger partial charge in [0.2, 0.25) is 5.91 Å². The van der Waals surface area contributed by atoms with Gasteiger partial charge in [0, 0.05) is 28.8 Å². The third kappa shape index (κ3) is 4.45. The number of hydrogen-bond donors (Lipinski definition) is 4. The van der Waals surface area contributed by atoms with Crippen LogP contribution < -0.4 is 10.6 Å². The van der Waals surface area contributed by atoms with Crippen LogP contribution in [-0.4, -0.2) is 34.3 Å². The number of amides is 1. The van der Waals surface area contributed by atoms with Gasteiger partial charge in [0.1, 0.15) is 5.75 Å². The fraction of sp³-hybridized carbons (Fsp3) is 0.214. The van der Waals surface area contributed by atoms with Crippen molar-refractivity contribution in [3.63, 3.8) is 0 Å². The van der Waals surface area contributed by atoms with Crippen LogP contribution in [0.5, 0.6) is 5.75 Å². The van der Waals surface area contributed by atoms with Crippen LogP contribution in [0.4, 0.5) is 5.69 Å². The fourth-order valence-corrected chi connectivity index (χ4v) is 4.43. The summed E-state index contributed by atoms with van der Waals surface area (Å²) < 4.78 is 0. The molecular formula is C28H28N4O2. The highest BCUT2D eigenvalue weighted by Crippen LogP contribution is 2.41. The Hall–Kier alpha value is -3.90. The molecule has 0 atom stereocenters. The molecule has 1 heterocycles. The zero-order valence-electron chi connectivity index (χ0n) is 19.2. The molecule has 0 fully saturated rings. The maximum Gasteiger partial charge on any atom is 0.238 e. The van der Waals surface area contributed by atoms with E-state index in [0.29, 0.717) is 6.54 Å². The average molecular weight is 453 g/mol. The van der Waals surface area contributed by atoms with Gasteiger partial charge < -0.3 is 15.7 Å². The maximum atomic E-state index is 12.2. The first-order chi connectivity index (χ1) is 16.6. The Morgan fingerprint density at radius 2 is 1.71 bits per heavy atom. The van der Waals surface area contributed by atoms with Crippen LogP contribution in [0, 0.1) is 0 Å². The van der Waals surface area contributed by atoms with E-state index in [1.54, 1.807) is 12.1 Å². The number of benzene rings is 3. The lowest BCUT2D eigenvalue weighted by molar-refractivity contribution is -0.115. The third-order valence-electron chi connectivity index (χ3n) is 6.24. The number of H-pyrrole nitrogens is 1. The van der Waals surface area contributed by atoms with E-state index in [0.717, 1.165) is 65.1 Å². The Bertz CT molecular complexity index is 1310. The summed E-state index contributed by atoms with van der Waals surface area (Å²) in [6.45, 7) is 3.31. The lowest BCUT2D eigenvalue weighted by Crippen LogP contribution is -2.28. The highest BCUT2D eigenvalue weighted by atomic mass is 16.3. The number of carbonyl (C=O) groups excluding carboxylic acids is 1. The number of phenolic OH excluding ortho intramolecular Hbond substituents is 1. The SMILES string of the molecule is CCCCNCC(=O)Nc1ccc2c(c1)Cc1c(-c3ccc(-c4ccc(O)cc4)cc3)n[nH]c1-2. The van der Waals surface area contributed by atoms with Crippen LogP contribution in [0.2, 0.25) is 0 Å². The number of fused-ring (bicyclic) bond motifs is 3. The van der Waals surface area contributed by atoms with E-state index in [2.05, 4.69) is 64.2 Å². The molecule has 1 aliphatic carbocycles. The summed E-state index contributed by atoms with van der Waals surface area (Å²) in [5.41, 5.74) is 9.51. The minimum absolute atomic E-state index is 0.0244. The van der Waals surface area contributed by atoms with Crippen LogP contribution in [0.15, 0.2) is 66.7 Å². The number of nitrogens with one attached hydrogen (secondary N) is 3. The molecule has 1 amide bonds. The minimum Gasteiger partial charge on any atom is -0.508 e. The molecule has 0 saturated carbocycles. The second-order valence-corrected chi connectivity index (χ2v) is 8.68. The predicted molar refractivity (Wildman–Crippen MR) is 136 cm³/mol. The van der Waals surface area contributed by atoms with Crippen LogP contribution in [0.25, 0.3) is 33.6 Å². The van der Waals surface area contributed by atoms with Crippen molar-refractivity contribution in [3.8, 4) is 39.4 Å². The van der Waals surface area contributed by atoms with Gasteiger partial charge in [0.25, 0.3) is 0 Å². The van der Waals surface area contributed by atoms with Crippen LogP contribution in [0.1, 0.15) is 30.9 Å². The molecule has 6 nitrogen and oxygen atoms in total. The number of unbranched alkanes of at least 4 members (excludes halogenated alkanes) is 1. The van der Waals surface area contributed by atoms with Crippen molar-refractivity contribution in [1.82, 2.24) is 15.5 Å². The fourth-order valence-electron chi connectivity index (χ4n) is 4.43. The van der Waals surface area contributed by atoms with Crippen molar-refractivity contribution in [2.45, 2.75) is 26.2 Å². The number of rotatable bonds is 8. The summed E-state index contributed by atoms with van der Waals surface area (Å²) in [4.78, 5) is 12.2. The van der Waals surface area contributed by atoms with Crippen LogP contribution in [0.3, 0.4) is 0 Å². The highest BCUT2D eigenvalue weighted by molar-refractivity contribution is 5.93. The monoisotopic (exact) mass is 452 g/mol. The first-order valence-corrected chi connectivity index (χ1v) is 11.7. The number of nitrogens with zero attached hydrogens (tertiary/aromatic N) is 1. The smallest absolute Gasteiger partial charge is 0.238 e. The van der Waals surface area contributed by atoms with E-state index in [4.69, 9.17) is 0 Å². The molecule has 4 N–H and O–H groups in total. The van der Waals surface area contributed by atoms with E-state index in [1.165, 1.54) is 11.1 Å². The van der Waals surface area contributed by atoms with Gasteiger partial charge >= 0.3 is 0 Å². The van der Waals surface area contributed by atoms with Gasteiger partial charge in [-0.25, -0.2) is 0 Å². The summed E-state index contributed by atoms with van der Waals surface area (Å²) in [5, 5.41) is 23.5. The summed E-state index contributed by atoms with van der Waals surface area (Å²) in [5.74, 6) is 0.238. The van der Waals surface area contributed by atoms with Crippen LogP contribution >= 0.6 is 0 Å². The van der Waals surface area contributed by atoms with E-state index >= 15 is 0 Å². The van der Waals surface area contributed by atoms with Gasteiger partial charge in [-0.15, -0.1) is 0 Å². The normalized spacial score (nSPS) is 11.8. The molecule has 0 saturated heterocycles. The molecule has 0 unspecified atom stereocenters. The topological polar surface area (TPSA) is 90.0 Å². The Labute approximate surface area is 199 Å². The molecule has 6 heteroatoms. The number of aromatic amines is 1. The molecule has 0 aliphatic heterocycles. The predicted octanol–water partition coefficient (Wildman–Crippen LogP) is 5.35. The van der Waals surface area contributed by atoms with Gasteiger partial charge in [0.05, 0.1) is 17.9 Å². The van der Waals surface area contributed by atoms with E-state index in [9.17, 15) is 9.90 Å². The van der Waals surface area contributed by atoms with Gasteiger partial charge in [-0.1, -0.05) is 55.8 Å². The van der Waals surface area contributed by atoms with Gasteiger partial charge in [0.15, 0.2) is 0 Å². The van der Waals surface area contributed by atoms with Gasteiger partial charge in [-0.2, -0.15) is 5.10 Å². The molecule has 34 heavy (non-hydrogen) atoms. The molecule has 172 valence electrons. The Morgan fingerprint density at radius 3 is 2.44 bits per heavy atom. The van der Waals surface area contributed by atoms with E-state index < -0.39 is 0 Å². The number of aromatic hydroxyl groups is 1. The molecule has 0 spiro atoms. The summed E-state index contributed by atoms with van der Waals surface area (Å²) >= 11 is 0. The largest absolute Gasteiger partial charge is 0.508 e. The van der Waals surface area contributed by atoms with Gasteiger partial charge in [-0.05, 0) is 53.9 Å².